The van der Waals surface area contributed by atoms with E-state index in [4.69, 9.17) is 0 Å². The number of aryl methyl sites for hydroxylation is 1. The van der Waals surface area contributed by atoms with Crippen LogP contribution in [0.1, 0.15) is 12.5 Å². The number of benzene rings is 1. The molecule has 0 saturated heterocycles. The molecule has 1 aromatic rings. The van der Waals surface area contributed by atoms with Crippen molar-refractivity contribution in [3.8, 4) is 0 Å². The molecule has 0 aliphatic carbocycles. The standard InChI is InChI=1S/C11H13F3N/c1-3-15(8-11(12,13)14)10-6-4-5-9(2)7-10/h4,6-7H,3,8H2,1-2H3. The van der Waals surface area contributed by atoms with E-state index >= 15 is 0 Å². The fourth-order valence-electron chi connectivity index (χ4n) is 1.37. The number of hydrogen-bond acceptors (Lipinski definition) is 1. The molecule has 1 rings (SSSR count). The summed E-state index contributed by atoms with van der Waals surface area (Å²) in [5, 5.41) is 0. The van der Waals surface area contributed by atoms with Gasteiger partial charge < -0.3 is 4.90 Å². The first-order valence-corrected chi connectivity index (χ1v) is 4.72. The predicted octanol–water partition coefficient (Wildman–Crippen LogP) is 3.18. The normalized spacial score (nSPS) is 11.5. The van der Waals surface area contributed by atoms with Gasteiger partial charge in [0, 0.05) is 12.2 Å². The number of anilines is 1. The van der Waals surface area contributed by atoms with Gasteiger partial charge in [-0.15, -0.1) is 0 Å². The number of hydrogen-bond donors (Lipinski definition) is 0. The predicted molar refractivity (Wildman–Crippen MR) is 54.0 cm³/mol. The lowest BCUT2D eigenvalue weighted by molar-refractivity contribution is -0.119. The summed E-state index contributed by atoms with van der Waals surface area (Å²) in [7, 11) is 0. The van der Waals surface area contributed by atoms with Crippen LogP contribution in [0.4, 0.5) is 18.9 Å². The van der Waals surface area contributed by atoms with Crippen molar-refractivity contribution < 1.29 is 13.2 Å². The Hall–Kier alpha value is -1.19. The monoisotopic (exact) mass is 216 g/mol. The highest BCUT2D eigenvalue weighted by Crippen LogP contribution is 2.22. The molecule has 0 amide bonds. The zero-order valence-corrected chi connectivity index (χ0v) is 8.73. The Labute approximate surface area is 87.5 Å². The summed E-state index contributed by atoms with van der Waals surface area (Å²) >= 11 is 0. The van der Waals surface area contributed by atoms with Crippen LogP contribution in [0.5, 0.6) is 0 Å². The van der Waals surface area contributed by atoms with Crippen molar-refractivity contribution in [2.24, 2.45) is 0 Å². The molecule has 0 heterocycles. The minimum Gasteiger partial charge on any atom is -0.363 e. The lowest BCUT2D eigenvalue weighted by Gasteiger charge is -2.24. The van der Waals surface area contributed by atoms with E-state index in [9.17, 15) is 13.2 Å². The van der Waals surface area contributed by atoms with Crippen molar-refractivity contribution in [1.82, 2.24) is 0 Å². The van der Waals surface area contributed by atoms with Gasteiger partial charge in [0.1, 0.15) is 6.54 Å². The molecule has 0 atom stereocenters. The smallest absolute Gasteiger partial charge is 0.363 e. The molecular formula is C11H13F3N. The van der Waals surface area contributed by atoms with E-state index in [1.807, 2.05) is 6.92 Å². The zero-order valence-electron chi connectivity index (χ0n) is 8.73. The summed E-state index contributed by atoms with van der Waals surface area (Å²) in [6.07, 6.45) is -4.16. The highest BCUT2D eigenvalue weighted by molar-refractivity contribution is 5.48. The summed E-state index contributed by atoms with van der Waals surface area (Å²) in [6, 6.07) is 7.89. The Balaban J connectivity index is 2.83. The van der Waals surface area contributed by atoms with Crippen molar-refractivity contribution >= 4 is 5.69 Å². The second-order valence-corrected chi connectivity index (χ2v) is 3.36. The second kappa shape index (κ2) is 4.55. The molecule has 0 aliphatic heterocycles. The molecule has 0 aliphatic rings. The van der Waals surface area contributed by atoms with Gasteiger partial charge in [-0.05, 0) is 37.6 Å². The highest BCUT2D eigenvalue weighted by Gasteiger charge is 2.30. The van der Waals surface area contributed by atoms with Crippen LogP contribution >= 0.6 is 0 Å². The van der Waals surface area contributed by atoms with E-state index < -0.39 is 12.7 Å². The minimum absolute atomic E-state index is 0.336. The van der Waals surface area contributed by atoms with Crippen molar-refractivity contribution in [2.45, 2.75) is 20.0 Å². The first-order valence-electron chi connectivity index (χ1n) is 4.72. The fourth-order valence-corrected chi connectivity index (χ4v) is 1.37. The van der Waals surface area contributed by atoms with Gasteiger partial charge in [-0.1, -0.05) is 6.07 Å². The van der Waals surface area contributed by atoms with Gasteiger partial charge in [0.15, 0.2) is 0 Å². The number of alkyl halides is 3. The van der Waals surface area contributed by atoms with Crippen LogP contribution in [0.2, 0.25) is 0 Å². The molecule has 0 spiro atoms. The van der Waals surface area contributed by atoms with E-state index in [-0.39, 0.29) is 0 Å². The Kier molecular flexibility index (Phi) is 3.61. The van der Waals surface area contributed by atoms with Gasteiger partial charge in [-0.2, -0.15) is 13.2 Å². The fraction of sp³-hybridized carbons (Fsp3) is 0.455. The molecule has 0 aromatic heterocycles. The molecule has 0 bridgehead atoms. The maximum atomic E-state index is 12.2. The van der Waals surface area contributed by atoms with Gasteiger partial charge >= 0.3 is 6.18 Å². The van der Waals surface area contributed by atoms with Crippen LogP contribution in [-0.2, 0) is 0 Å². The minimum atomic E-state index is -4.16. The third-order valence-corrected chi connectivity index (χ3v) is 2.05. The lowest BCUT2D eigenvalue weighted by atomic mass is 10.2. The van der Waals surface area contributed by atoms with Crippen LogP contribution in [0.15, 0.2) is 18.2 Å². The molecule has 0 saturated carbocycles. The topological polar surface area (TPSA) is 3.24 Å². The third-order valence-electron chi connectivity index (χ3n) is 2.05. The van der Waals surface area contributed by atoms with Crippen molar-refractivity contribution in [1.29, 1.82) is 0 Å². The summed E-state index contributed by atoms with van der Waals surface area (Å²) in [4.78, 5) is 1.29. The largest absolute Gasteiger partial charge is 0.405 e. The Morgan fingerprint density at radius 1 is 1.40 bits per heavy atom. The molecular weight excluding hydrogens is 203 g/mol. The molecule has 0 fully saturated rings. The average molecular weight is 216 g/mol. The van der Waals surface area contributed by atoms with Gasteiger partial charge in [0.2, 0.25) is 0 Å². The maximum Gasteiger partial charge on any atom is 0.405 e. The Morgan fingerprint density at radius 2 is 2.07 bits per heavy atom. The zero-order chi connectivity index (χ0) is 11.5. The van der Waals surface area contributed by atoms with Gasteiger partial charge in [0.25, 0.3) is 0 Å². The van der Waals surface area contributed by atoms with Crippen LogP contribution in [-0.4, -0.2) is 19.3 Å². The lowest BCUT2D eigenvalue weighted by Crippen LogP contribution is -2.34. The Bertz CT molecular complexity index is 320. The molecule has 1 radical (unpaired) electrons. The number of halogens is 3. The second-order valence-electron chi connectivity index (χ2n) is 3.36. The molecule has 0 unspecified atom stereocenters. The number of nitrogens with zero attached hydrogens (tertiary/aromatic N) is 1. The molecule has 4 heteroatoms. The van der Waals surface area contributed by atoms with Crippen LogP contribution in [0, 0.1) is 13.0 Å². The van der Waals surface area contributed by atoms with Gasteiger partial charge in [-0.3, -0.25) is 0 Å². The average Bonchev–Trinajstić information content (AvgIpc) is 2.13. The molecule has 15 heavy (non-hydrogen) atoms. The summed E-state index contributed by atoms with van der Waals surface area (Å²) < 4.78 is 36.7. The maximum absolute atomic E-state index is 12.2. The van der Waals surface area contributed by atoms with Crippen molar-refractivity contribution in [3.63, 3.8) is 0 Å². The van der Waals surface area contributed by atoms with Crippen LogP contribution in [0.3, 0.4) is 0 Å². The highest BCUT2D eigenvalue weighted by atomic mass is 19.4. The van der Waals surface area contributed by atoms with E-state index in [1.54, 1.807) is 25.1 Å². The molecule has 0 N–H and O–H groups in total. The molecule has 1 nitrogen and oxygen atoms in total. The third kappa shape index (κ3) is 3.81. The van der Waals surface area contributed by atoms with Crippen molar-refractivity contribution in [3.05, 3.63) is 29.8 Å². The summed E-state index contributed by atoms with van der Waals surface area (Å²) in [5.41, 5.74) is 1.43. The van der Waals surface area contributed by atoms with E-state index in [1.165, 1.54) is 4.90 Å². The SMILES string of the molecule is CCN(CC(F)(F)F)c1cc[c]c(C)c1. The first kappa shape index (κ1) is 11.9. The molecule has 83 valence electrons. The van der Waals surface area contributed by atoms with Crippen molar-refractivity contribution in [2.75, 3.05) is 18.0 Å². The summed E-state index contributed by atoms with van der Waals surface area (Å²) in [5.74, 6) is 0. The van der Waals surface area contributed by atoms with Crippen LogP contribution < -0.4 is 4.90 Å². The van der Waals surface area contributed by atoms with Gasteiger partial charge in [0.05, 0.1) is 0 Å². The van der Waals surface area contributed by atoms with E-state index in [0.717, 1.165) is 5.56 Å². The molecule has 1 aromatic carbocycles. The summed E-state index contributed by atoms with van der Waals surface area (Å²) in [6.45, 7) is 2.94. The van der Waals surface area contributed by atoms with E-state index in [0.29, 0.717) is 12.2 Å². The number of rotatable bonds is 3. The van der Waals surface area contributed by atoms with Gasteiger partial charge in [-0.25, -0.2) is 0 Å². The quantitative estimate of drug-likeness (QED) is 0.750. The van der Waals surface area contributed by atoms with E-state index in [2.05, 4.69) is 6.07 Å². The first-order chi connectivity index (χ1) is 6.92. The Morgan fingerprint density at radius 3 is 2.53 bits per heavy atom. The van der Waals surface area contributed by atoms with Crippen LogP contribution in [0.25, 0.3) is 0 Å².